The number of carbonyl (C=O) groups is 1. The molecule has 2 aromatic heterocycles. The van der Waals surface area contributed by atoms with Gasteiger partial charge in [0, 0.05) is 24.5 Å². The summed E-state index contributed by atoms with van der Waals surface area (Å²) in [6.45, 7) is 0.814. The van der Waals surface area contributed by atoms with Gasteiger partial charge in [-0.1, -0.05) is 0 Å². The smallest absolute Gasteiger partial charge is 0.262 e. The maximum atomic E-state index is 13.3. The van der Waals surface area contributed by atoms with Gasteiger partial charge in [0.25, 0.3) is 5.91 Å². The zero-order valence-corrected chi connectivity index (χ0v) is 11.4. The Balaban J connectivity index is 2.01. The third-order valence-corrected chi connectivity index (χ3v) is 4.28. The number of nitrogens with zero attached hydrogens (tertiary/aromatic N) is 3. The van der Waals surface area contributed by atoms with E-state index in [1.807, 2.05) is 6.07 Å². The van der Waals surface area contributed by atoms with E-state index in [0.29, 0.717) is 28.7 Å². The van der Waals surface area contributed by atoms with Crippen LogP contribution in [0.15, 0.2) is 24.5 Å². The summed E-state index contributed by atoms with van der Waals surface area (Å²) in [5.74, 6) is -0.0450. The molecular weight excluding hydrogens is 279 g/mol. The van der Waals surface area contributed by atoms with Crippen molar-refractivity contribution < 1.29 is 9.18 Å². The molecular formula is C13H13FN4OS. The summed E-state index contributed by atoms with van der Waals surface area (Å²) in [6, 6.07) is 3.66. The third kappa shape index (κ3) is 2.36. The van der Waals surface area contributed by atoms with Gasteiger partial charge in [-0.15, -0.1) is 11.3 Å². The molecule has 1 amide bonds. The molecule has 3 heterocycles. The quantitative estimate of drug-likeness (QED) is 0.937. The third-order valence-electron chi connectivity index (χ3n) is 3.17. The summed E-state index contributed by atoms with van der Waals surface area (Å²) in [5.41, 5.74) is 6.23. The number of rotatable bonds is 3. The zero-order valence-electron chi connectivity index (χ0n) is 10.6. The Morgan fingerprint density at radius 1 is 1.55 bits per heavy atom. The number of thiazole rings is 1. The molecule has 0 aliphatic carbocycles. The summed E-state index contributed by atoms with van der Waals surface area (Å²) in [5, 5.41) is 0.671. The minimum atomic E-state index is -0.876. The number of anilines is 1. The fourth-order valence-electron chi connectivity index (χ4n) is 2.21. The molecule has 0 aromatic carbocycles. The Bertz CT molecular complexity index is 631. The Morgan fingerprint density at radius 2 is 2.40 bits per heavy atom. The summed E-state index contributed by atoms with van der Waals surface area (Å²) in [7, 11) is 0. The van der Waals surface area contributed by atoms with Gasteiger partial charge in [-0.05, 0) is 18.6 Å². The molecule has 0 bridgehead atoms. The van der Waals surface area contributed by atoms with Crippen LogP contribution in [0.25, 0.3) is 10.6 Å². The van der Waals surface area contributed by atoms with Crippen molar-refractivity contribution in [3.63, 3.8) is 0 Å². The van der Waals surface area contributed by atoms with Gasteiger partial charge in [0.15, 0.2) is 5.82 Å². The highest BCUT2D eigenvalue weighted by Crippen LogP contribution is 2.34. The van der Waals surface area contributed by atoms with Gasteiger partial charge in [0.1, 0.15) is 16.1 Å². The van der Waals surface area contributed by atoms with Gasteiger partial charge in [0.05, 0.1) is 6.54 Å². The second kappa shape index (κ2) is 5.16. The van der Waals surface area contributed by atoms with Gasteiger partial charge in [-0.2, -0.15) is 0 Å². The first-order valence-electron chi connectivity index (χ1n) is 6.25. The summed E-state index contributed by atoms with van der Waals surface area (Å²) >= 11 is 1.22. The molecule has 1 fully saturated rings. The van der Waals surface area contributed by atoms with Gasteiger partial charge in [0.2, 0.25) is 0 Å². The monoisotopic (exact) mass is 292 g/mol. The highest BCUT2D eigenvalue weighted by molar-refractivity contribution is 7.17. The van der Waals surface area contributed by atoms with Crippen molar-refractivity contribution in [1.82, 2.24) is 9.97 Å². The second-order valence-electron chi connectivity index (χ2n) is 4.61. The molecule has 1 aliphatic heterocycles. The van der Waals surface area contributed by atoms with E-state index < -0.39 is 12.1 Å². The van der Waals surface area contributed by atoms with Crippen molar-refractivity contribution in [2.24, 2.45) is 5.73 Å². The number of hydrogen-bond donors (Lipinski definition) is 1. The molecule has 0 radical (unpaired) electrons. The predicted octanol–water partition coefficient (Wildman–Crippen LogP) is 1.85. The Hall–Kier alpha value is -2.02. The fraction of sp³-hybridized carbons (Fsp3) is 0.308. The first-order valence-corrected chi connectivity index (χ1v) is 7.07. The number of carbonyl (C=O) groups excluding carboxylic acids is 1. The maximum Gasteiger partial charge on any atom is 0.262 e. The van der Waals surface area contributed by atoms with E-state index in [4.69, 9.17) is 5.73 Å². The number of amides is 1. The first kappa shape index (κ1) is 13.0. The molecule has 5 nitrogen and oxygen atoms in total. The molecule has 7 heteroatoms. The highest BCUT2D eigenvalue weighted by atomic mass is 32.1. The number of halogens is 1. The van der Waals surface area contributed by atoms with E-state index in [9.17, 15) is 9.18 Å². The summed E-state index contributed by atoms with van der Waals surface area (Å²) < 4.78 is 13.3. The molecule has 3 rings (SSSR count). The van der Waals surface area contributed by atoms with Crippen LogP contribution in [0.2, 0.25) is 0 Å². The number of aromatic nitrogens is 2. The average Bonchev–Trinajstić information content (AvgIpc) is 3.05. The molecule has 104 valence electrons. The lowest BCUT2D eigenvalue weighted by Crippen LogP contribution is -2.23. The molecule has 0 spiro atoms. The SMILES string of the molecule is NC(=O)c1sc(-c2cccnc2)nc1N1CCC(F)C1. The standard InChI is InChI=1S/C13H13FN4OS/c14-9-3-5-18(7-9)12-10(11(15)19)20-13(17-12)8-2-1-4-16-6-8/h1-2,4,6,9H,3,5,7H2,(H2,15,19). The average molecular weight is 292 g/mol. The zero-order chi connectivity index (χ0) is 14.1. The molecule has 0 saturated carbocycles. The van der Waals surface area contributed by atoms with Crippen molar-refractivity contribution in [2.45, 2.75) is 12.6 Å². The predicted molar refractivity (Wildman–Crippen MR) is 75.6 cm³/mol. The van der Waals surface area contributed by atoms with Crippen molar-refractivity contribution in [3.8, 4) is 10.6 Å². The van der Waals surface area contributed by atoms with Crippen molar-refractivity contribution in [3.05, 3.63) is 29.4 Å². The number of alkyl halides is 1. The molecule has 1 unspecified atom stereocenters. The Kier molecular flexibility index (Phi) is 3.35. The van der Waals surface area contributed by atoms with Crippen LogP contribution in [0.1, 0.15) is 16.1 Å². The van der Waals surface area contributed by atoms with Gasteiger partial charge in [-0.3, -0.25) is 9.78 Å². The van der Waals surface area contributed by atoms with E-state index in [-0.39, 0.29) is 6.54 Å². The van der Waals surface area contributed by atoms with Crippen molar-refractivity contribution in [2.75, 3.05) is 18.0 Å². The van der Waals surface area contributed by atoms with E-state index >= 15 is 0 Å². The molecule has 1 aliphatic rings. The van der Waals surface area contributed by atoms with Crippen LogP contribution in [-0.2, 0) is 0 Å². The van der Waals surface area contributed by atoms with E-state index in [2.05, 4.69) is 9.97 Å². The van der Waals surface area contributed by atoms with E-state index in [0.717, 1.165) is 5.56 Å². The van der Waals surface area contributed by atoms with Crippen LogP contribution in [0.3, 0.4) is 0 Å². The fourth-order valence-corrected chi connectivity index (χ4v) is 3.14. The Labute approximate surface area is 119 Å². The van der Waals surface area contributed by atoms with Crippen LogP contribution in [0.4, 0.5) is 10.2 Å². The van der Waals surface area contributed by atoms with Crippen LogP contribution in [0.5, 0.6) is 0 Å². The normalized spacial score (nSPS) is 18.4. The largest absolute Gasteiger partial charge is 0.365 e. The maximum absolute atomic E-state index is 13.3. The van der Waals surface area contributed by atoms with Crippen LogP contribution in [-0.4, -0.2) is 35.1 Å². The van der Waals surface area contributed by atoms with Gasteiger partial charge < -0.3 is 10.6 Å². The summed E-state index contributed by atoms with van der Waals surface area (Å²) in [4.78, 5) is 22.2. The molecule has 20 heavy (non-hydrogen) atoms. The second-order valence-corrected chi connectivity index (χ2v) is 5.61. The molecule has 2 aromatic rings. The number of nitrogens with two attached hydrogens (primary N) is 1. The number of pyridine rings is 1. The number of hydrogen-bond acceptors (Lipinski definition) is 5. The number of primary amides is 1. The van der Waals surface area contributed by atoms with E-state index in [1.54, 1.807) is 23.4 Å². The lowest BCUT2D eigenvalue weighted by atomic mass is 10.3. The van der Waals surface area contributed by atoms with Gasteiger partial charge >= 0.3 is 0 Å². The highest BCUT2D eigenvalue weighted by Gasteiger charge is 2.28. The van der Waals surface area contributed by atoms with Crippen LogP contribution < -0.4 is 10.6 Å². The van der Waals surface area contributed by atoms with Gasteiger partial charge in [-0.25, -0.2) is 9.37 Å². The van der Waals surface area contributed by atoms with Crippen molar-refractivity contribution in [1.29, 1.82) is 0 Å². The van der Waals surface area contributed by atoms with Crippen molar-refractivity contribution >= 4 is 23.1 Å². The van der Waals surface area contributed by atoms with Crippen LogP contribution >= 0.6 is 11.3 Å². The van der Waals surface area contributed by atoms with Crippen LogP contribution in [0, 0.1) is 0 Å². The first-order chi connectivity index (χ1) is 9.65. The minimum absolute atomic E-state index is 0.260. The molecule has 1 atom stereocenters. The minimum Gasteiger partial charge on any atom is -0.365 e. The molecule has 2 N–H and O–H groups in total. The summed E-state index contributed by atoms with van der Waals surface area (Å²) in [6.07, 6.45) is 2.92. The van der Waals surface area contributed by atoms with E-state index in [1.165, 1.54) is 11.3 Å². The molecule has 1 saturated heterocycles. The topological polar surface area (TPSA) is 72.1 Å². The lowest BCUT2D eigenvalue weighted by molar-refractivity contribution is 0.100. The lowest BCUT2D eigenvalue weighted by Gasteiger charge is -2.14. The Morgan fingerprint density at radius 3 is 3.00 bits per heavy atom.